The summed E-state index contributed by atoms with van der Waals surface area (Å²) in [6, 6.07) is -1.96. The molecule has 16 heteroatoms. The monoisotopic (exact) mass is 608 g/mol. The lowest BCUT2D eigenvalue weighted by Crippen LogP contribution is -2.63. The molecule has 0 spiro atoms. The van der Waals surface area contributed by atoms with E-state index in [9.17, 15) is 28.8 Å². The van der Waals surface area contributed by atoms with E-state index in [-0.39, 0.29) is 11.5 Å². The van der Waals surface area contributed by atoms with Crippen LogP contribution < -0.4 is 32.7 Å². The maximum absolute atomic E-state index is 12.6. The minimum Gasteiger partial charge on any atom is -0.467 e. The highest BCUT2D eigenvalue weighted by Crippen LogP contribution is 2.23. The summed E-state index contributed by atoms with van der Waals surface area (Å²) < 4.78 is 9.33. The maximum Gasteiger partial charge on any atom is 0.330 e. The van der Waals surface area contributed by atoms with Gasteiger partial charge in [0, 0.05) is 11.5 Å². The van der Waals surface area contributed by atoms with Crippen LogP contribution in [0.5, 0.6) is 0 Å². The summed E-state index contributed by atoms with van der Waals surface area (Å²) in [5, 5.41) is 10.2. The van der Waals surface area contributed by atoms with Crippen LogP contribution in [0.25, 0.3) is 0 Å². The lowest BCUT2D eigenvalue weighted by Gasteiger charge is -2.31. The molecule has 230 valence electrons. The molecule has 8 N–H and O–H groups in total. The first-order chi connectivity index (χ1) is 18.0. The molecule has 0 rings (SSSR count). The van der Waals surface area contributed by atoms with Crippen LogP contribution >= 0.6 is 21.6 Å². The van der Waals surface area contributed by atoms with Gasteiger partial charge in [0.05, 0.1) is 26.3 Å². The number of nitrogens with one attached hydrogen (secondary N) is 4. The molecule has 40 heavy (non-hydrogen) atoms. The van der Waals surface area contributed by atoms with Crippen molar-refractivity contribution in [3.05, 3.63) is 0 Å². The number of amides is 4. The van der Waals surface area contributed by atoms with Gasteiger partial charge in [-0.25, -0.2) is 9.59 Å². The van der Waals surface area contributed by atoms with Crippen molar-refractivity contribution in [1.29, 1.82) is 0 Å². The van der Waals surface area contributed by atoms with E-state index in [1.807, 2.05) is 0 Å². The highest BCUT2D eigenvalue weighted by Gasteiger charge is 2.39. The molecule has 0 aliphatic heterocycles. The zero-order valence-electron chi connectivity index (χ0n) is 24.8. The number of hydrogen-bond donors (Lipinski definition) is 6. The third kappa shape index (κ3) is 11.5. The second-order valence-corrected chi connectivity index (χ2v) is 13.7. The number of carbonyl (C=O) groups excluding carboxylic acids is 6. The predicted molar refractivity (Wildman–Crippen MR) is 154 cm³/mol. The topological polar surface area (TPSA) is 221 Å². The zero-order valence-corrected chi connectivity index (χ0v) is 26.4. The van der Waals surface area contributed by atoms with E-state index < -0.39 is 69.8 Å². The van der Waals surface area contributed by atoms with Crippen LogP contribution in [-0.4, -0.2) is 95.5 Å². The van der Waals surface area contributed by atoms with Crippen molar-refractivity contribution in [3.8, 4) is 0 Å². The first-order valence-corrected chi connectivity index (χ1v) is 14.7. The Balaban J connectivity index is 4.76. The van der Waals surface area contributed by atoms with Gasteiger partial charge in [0.2, 0.25) is 23.6 Å². The molecule has 0 saturated carbocycles. The van der Waals surface area contributed by atoms with Crippen LogP contribution in [0.2, 0.25) is 0 Å². The van der Waals surface area contributed by atoms with Gasteiger partial charge in [0.15, 0.2) is 0 Å². The quantitative estimate of drug-likeness (QED) is 0.0745. The number of nitrogens with two attached hydrogens (primary N) is 2. The third-order valence-electron chi connectivity index (χ3n) is 5.50. The van der Waals surface area contributed by atoms with Gasteiger partial charge in [0.25, 0.3) is 0 Å². The predicted octanol–water partition coefficient (Wildman–Crippen LogP) is -1.05. The van der Waals surface area contributed by atoms with Crippen molar-refractivity contribution in [3.63, 3.8) is 0 Å². The number of esters is 2. The molecule has 0 bridgehead atoms. The van der Waals surface area contributed by atoms with E-state index in [4.69, 9.17) is 11.5 Å². The Morgan fingerprint density at radius 3 is 1.10 bits per heavy atom. The Morgan fingerprint density at radius 1 is 0.575 bits per heavy atom. The summed E-state index contributed by atoms with van der Waals surface area (Å²) in [6.45, 7) is 11.8. The average Bonchev–Trinajstić information content (AvgIpc) is 2.83. The summed E-state index contributed by atoms with van der Waals surface area (Å²) in [4.78, 5) is 74.0. The van der Waals surface area contributed by atoms with E-state index in [1.54, 1.807) is 0 Å². The fraction of sp³-hybridized carbons (Fsp3) is 0.750. The van der Waals surface area contributed by atoms with E-state index >= 15 is 0 Å². The highest BCUT2D eigenvalue weighted by molar-refractivity contribution is 8.76. The van der Waals surface area contributed by atoms with Crippen molar-refractivity contribution >= 4 is 57.2 Å². The van der Waals surface area contributed by atoms with Gasteiger partial charge in [-0.15, -0.1) is 0 Å². The van der Waals surface area contributed by atoms with Crippen molar-refractivity contribution in [2.24, 2.45) is 11.5 Å². The Bertz CT molecular complexity index is 895. The summed E-state index contributed by atoms with van der Waals surface area (Å²) in [6.07, 6.45) is 0. The molecule has 0 aromatic heterocycles. The van der Waals surface area contributed by atoms with E-state index in [0.717, 1.165) is 0 Å². The molecule has 0 unspecified atom stereocenters. The molecule has 0 aliphatic rings. The molecular formula is C24H44N6O8S2. The minimum absolute atomic E-state index is 0.146. The Morgan fingerprint density at radius 2 is 0.850 bits per heavy atom. The second-order valence-electron chi connectivity index (χ2n) is 11.2. The average molecular weight is 609 g/mol. The van der Waals surface area contributed by atoms with Gasteiger partial charge >= 0.3 is 11.9 Å². The summed E-state index contributed by atoms with van der Waals surface area (Å²) >= 11 is 0. The molecule has 0 saturated heterocycles. The van der Waals surface area contributed by atoms with Crippen molar-refractivity contribution < 1.29 is 38.2 Å². The summed E-state index contributed by atoms with van der Waals surface area (Å²) in [7, 11) is 4.81. The number of ether oxygens (including phenoxy) is 2. The van der Waals surface area contributed by atoms with Gasteiger partial charge in [-0.3, -0.25) is 19.2 Å². The molecular weight excluding hydrogens is 564 g/mol. The maximum atomic E-state index is 12.6. The third-order valence-corrected chi connectivity index (χ3v) is 7.98. The standard InChI is InChI=1S/C24H44N6O8S2/c1-21(2,17(33)29-23(5,6)19(35)37-9)27-15(31)13(25)11-39-40-12-14(26)16(32)28-22(3,4)18(34)30-24(7,8)20(36)38-10/h13-14H,11-12,25-26H2,1-10H3,(H,27,31)(H,28,32)(H,29,33)(H,30,34)/t13-,14-/m0/s1. The molecule has 2 atom stereocenters. The van der Waals surface area contributed by atoms with E-state index in [1.165, 1.54) is 91.2 Å². The largest absolute Gasteiger partial charge is 0.467 e. The highest BCUT2D eigenvalue weighted by atomic mass is 33.1. The van der Waals surface area contributed by atoms with Crippen LogP contribution in [0, 0.1) is 0 Å². The van der Waals surface area contributed by atoms with Gasteiger partial charge in [0.1, 0.15) is 22.2 Å². The molecule has 0 aromatic rings. The Kier molecular flexibility index (Phi) is 13.9. The first-order valence-electron chi connectivity index (χ1n) is 12.3. The normalized spacial score (nSPS) is 13.8. The van der Waals surface area contributed by atoms with Gasteiger partial charge in [-0.05, 0) is 55.4 Å². The van der Waals surface area contributed by atoms with Crippen molar-refractivity contribution in [1.82, 2.24) is 21.3 Å². The number of hydrogen-bond acceptors (Lipinski definition) is 12. The summed E-state index contributed by atoms with van der Waals surface area (Å²) in [5.74, 6) is -3.38. The minimum atomic E-state index is -1.37. The van der Waals surface area contributed by atoms with Crippen molar-refractivity contribution in [2.75, 3.05) is 25.7 Å². The Labute approximate surface area is 243 Å². The molecule has 0 radical (unpaired) electrons. The van der Waals surface area contributed by atoms with E-state index in [0.29, 0.717) is 0 Å². The zero-order chi connectivity index (χ0) is 31.7. The van der Waals surface area contributed by atoms with Gasteiger partial charge in [-0.2, -0.15) is 0 Å². The van der Waals surface area contributed by atoms with Crippen LogP contribution in [0.4, 0.5) is 0 Å². The SMILES string of the molecule is COC(=O)C(C)(C)NC(=O)C(C)(C)NC(=O)[C@@H](N)CSSC[C@H](N)C(=O)NC(C)(C)C(=O)NC(C)(C)C(=O)OC. The Hall–Kier alpha value is -2.56. The molecule has 4 amide bonds. The van der Waals surface area contributed by atoms with Crippen LogP contribution in [-0.2, 0) is 38.2 Å². The molecule has 0 fully saturated rings. The molecule has 0 aromatic carbocycles. The smallest absolute Gasteiger partial charge is 0.330 e. The second kappa shape index (κ2) is 14.9. The number of methoxy groups -OCH3 is 2. The summed E-state index contributed by atoms with van der Waals surface area (Å²) in [5.41, 5.74) is 6.57. The van der Waals surface area contributed by atoms with Gasteiger partial charge in [-0.1, -0.05) is 21.6 Å². The van der Waals surface area contributed by atoms with Gasteiger partial charge < -0.3 is 42.2 Å². The first kappa shape index (κ1) is 37.4. The molecule has 14 nitrogen and oxygen atoms in total. The van der Waals surface area contributed by atoms with Crippen LogP contribution in [0.15, 0.2) is 0 Å². The number of carbonyl (C=O) groups is 6. The number of rotatable bonds is 15. The van der Waals surface area contributed by atoms with Crippen LogP contribution in [0.3, 0.4) is 0 Å². The fourth-order valence-electron chi connectivity index (χ4n) is 2.80. The lowest BCUT2D eigenvalue weighted by atomic mass is 9.99. The fourth-order valence-corrected chi connectivity index (χ4v) is 5.05. The molecule has 0 aliphatic carbocycles. The molecule has 0 heterocycles. The van der Waals surface area contributed by atoms with E-state index in [2.05, 4.69) is 30.7 Å². The van der Waals surface area contributed by atoms with Crippen LogP contribution in [0.1, 0.15) is 55.4 Å². The lowest BCUT2D eigenvalue weighted by molar-refractivity contribution is -0.150. The van der Waals surface area contributed by atoms with Crippen molar-refractivity contribution in [2.45, 2.75) is 89.6 Å².